The van der Waals surface area contributed by atoms with Gasteiger partial charge in [0, 0.05) is 23.4 Å². The fourth-order valence-electron chi connectivity index (χ4n) is 2.39. The SMILES string of the molecule is O=C([O-])CCCCCCCCSSCCCCCCCCC(=O)[O-].[Na+].[Na+]. The topological polar surface area (TPSA) is 80.3 Å². The summed E-state index contributed by atoms with van der Waals surface area (Å²) in [4.78, 5) is 20.5. The zero-order valence-electron chi connectivity index (χ0n) is 16.8. The molecule has 142 valence electrons. The van der Waals surface area contributed by atoms with Crippen molar-refractivity contribution < 1.29 is 78.9 Å². The fraction of sp³-hybridized carbons (Fsp3) is 0.889. The Kier molecular flexibility index (Phi) is 33.1. The zero-order chi connectivity index (χ0) is 17.9. The molecule has 0 spiro atoms. The van der Waals surface area contributed by atoms with Crippen molar-refractivity contribution in [3.63, 3.8) is 0 Å². The van der Waals surface area contributed by atoms with Crippen LogP contribution in [0.25, 0.3) is 0 Å². The summed E-state index contributed by atoms with van der Waals surface area (Å²) in [7, 11) is 3.92. The maximum atomic E-state index is 10.2. The van der Waals surface area contributed by atoms with E-state index in [1.165, 1.54) is 50.0 Å². The molecule has 0 N–H and O–H groups in total. The summed E-state index contributed by atoms with van der Waals surface area (Å²) in [6.45, 7) is 0. The maximum absolute atomic E-state index is 10.2. The van der Waals surface area contributed by atoms with Gasteiger partial charge in [-0.3, -0.25) is 0 Å². The van der Waals surface area contributed by atoms with E-state index in [1.807, 2.05) is 21.6 Å². The number of hydrogen-bond donors (Lipinski definition) is 0. The van der Waals surface area contributed by atoms with Gasteiger partial charge in [0.2, 0.25) is 0 Å². The molecule has 0 aromatic rings. The molecule has 0 saturated carbocycles. The average Bonchev–Trinajstić information content (AvgIpc) is 2.53. The average molecular weight is 423 g/mol. The molecule has 4 nitrogen and oxygen atoms in total. The Hall–Kier alpha value is 1.64. The van der Waals surface area contributed by atoms with Gasteiger partial charge in [-0.15, -0.1) is 0 Å². The number of aliphatic carboxylic acids is 2. The molecule has 0 aromatic heterocycles. The summed E-state index contributed by atoms with van der Waals surface area (Å²) in [6.07, 6.45) is 13.6. The van der Waals surface area contributed by atoms with Gasteiger partial charge in [0.25, 0.3) is 0 Å². The second-order valence-electron chi connectivity index (χ2n) is 6.13. The van der Waals surface area contributed by atoms with Crippen LogP contribution in [0, 0.1) is 0 Å². The van der Waals surface area contributed by atoms with Crippen LogP contribution in [0.15, 0.2) is 0 Å². The standard InChI is InChI=1S/C18H34O4S2.2Na/c19-17(20)13-9-5-1-3-7-11-15-23-24-16-12-8-4-2-6-10-14-18(21)22;;/h1-16H2,(H,19,20)(H,21,22);;/q;2*+1/p-2. The summed E-state index contributed by atoms with van der Waals surface area (Å²) < 4.78 is 0. The Balaban J connectivity index is -0.00000264. The van der Waals surface area contributed by atoms with Crippen molar-refractivity contribution in [1.82, 2.24) is 0 Å². The van der Waals surface area contributed by atoms with Crippen LogP contribution < -0.4 is 69.3 Å². The Morgan fingerprint density at radius 1 is 0.500 bits per heavy atom. The molecule has 0 aliphatic carbocycles. The van der Waals surface area contributed by atoms with Crippen LogP contribution in [-0.2, 0) is 9.59 Å². The number of carboxylic acid groups (broad SMARTS) is 2. The van der Waals surface area contributed by atoms with Crippen LogP contribution in [0.2, 0.25) is 0 Å². The van der Waals surface area contributed by atoms with E-state index in [1.54, 1.807) is 0 Å². The minimum atomic E-state index is -0.931. The van der Waals surface area contributed by atoms with E-state index in [0.717, 1.165) is 38.5 Å². The molecule has 8 heteroatoms. The number of hydrogen-bond acceptors (Lipinski definition) is 6. The molecule has 0 rings (SSSR count). The number of carbonyl (C=O) groups excluding carboxylic acids is 2. The maximum Gasteiger partial charge on any atom is 1.00 e. The quantitative estimate of drug-likeness (QED) is 0.128. The van der Waals surface area contributed by atoms with Gasteiger partial charge in [-0.05, 0) is 38.5 Å². The molecule has 26 heavy (non-hydrogen) atoms. The molecule has 0 aromatic carbocycles. The van der Waals surface area contributed by atoms with Crippen molar-refractivity contribution in [2.45, 2.75) is 89.9 Å². The van der Waals surface area contributed by atoms with Crippen molar-refractivity contribution >= 4 is 33.5 Å². The molecule has 0 aliphatic rings. The first kappa shape index (κ1) is 32.3. The second-order valence-corrected chi connectivity index (χ2v) is 8.83. The fourth-order valence-corrected chi connectivity index (χ4v) is 4.69. The first-order valence-corrected chi connectivity index (χ1v) is 11.8. The Bertz CT molecular complexity index is 292. The van der Waals surface area contributed by atoms with E-state index >= 15 is 0 Å². The number of carboxylic acids is 2. The molecule has 0 fully saturated rings. The molecule has 0 bridgehead atoms. The number of unbranched alkanes of at least 4 members (excludes halogenated alkanes) is 10. The van der Waals surface area contributed by atoms with E-state index in [2.05, 4.69) is 0 Å². The van der Waals surface area contributed by atoms with Gasteiger partial charge < -0.3 is 19.8 Å². The van der Waals surface area contributed by atoms with Crippen molar-refractivity contribution in [3.05, 3.63) is 0 Å². The van der Waals surface area contributed by atoms with Gasteiger partial charge >= 0.3 is 59.1 Å². The van der Waals surface area contributed by atoms with Crippen molar-refractivity contribution in [3.8, 4) is 0 Å². The van der Waals surface area contributed by atoms with Crippen molar-refractivity contribution in [1.29, 1.82) is 0 Å². The van der Waals surface area contributed by atoms with E-state index in [0.29, 0.717) is 0 Å². The summed E-state index contributed by atoms with van der Waals surface area (Å²) in [6, 6.07) is 0. The second kappa shape index (κ2) is 26.6. The van der Waals surface area contributed by atoms with Gasteiger partial charge in [0.1, 0.15) is 0 Å². The van der Waals surface area contributed by atoms with Crippen LogP contribution in [0.4, 0.5) is 0 Å². The van der Waals surface area contributed by atoms with E-state index < -0.39 is 11.9 Å². The molecule has 0 radical (unpaired) electrons. The molecular formula is C18H32Na2O4S2. The third-order valence-electron chi connectivity index (χ3n) is 3.80. The minimum absolute atomic E-state index is 0. The molecule has 0 unspecified atom stereocenters. The third kappa shape index (κ3) is 30.4. The first-order valence-electron chi connectivity index (χ1n) is 9.27. The molecule has 0 aliphatic heterocycles. The van der Waals surface area contributed by atoms with E-state index in [4.69, 9.17) is 0 Å². The predicted molar refractivity (Wildman–Crippen MR) is 99.6 cm³/mol. The Morgan fingerprint density at radius 2 is 0.769 bits per heavy atom. The summed E-state index contributed by atoms with van der Waals surface area (Å²) in [5, 5.41) is 20.5. The zero-order valence-corrected chi connectivity index (χ0v) is 22.4. The predicted octanol–water partition coefficient (Wildman–Crippen LogP) is -2.66. The normalized spacial score (nSPS) is 10.0. The van der Waals surface area contributed by atoms with Crippen LogP contribution in [0.1, 0.15) is 89.9 Å². The van der Waals surface area contributed by atoms with Gasteiger partial charge in [0.05, 0.1) is 0 Å². The monoisotopic (exact) mass is 422 g/mol. The van der Waals surface area contributed by atoms with E-state index in [9.17, 15) is 19.8 Å². The molecule has 0 saturated heterocycles. The summed E-state index contributed by atoms with van der Waals surface area (Å²) >= 11 is 0. The van der Waals surface area contributed by atoms with Crippen LogP contribution >= 0.6 is 21.6 Å². The third-order valence-corrected chi connectivity index (χ3v) is 6.38. The van der Waals surface area contributed by atoms with Gasteiger partial charge in [-0.25, -0.2) is 0 Å². The Labute approximate surface area is 211 Å². The summed E-state index contributed by atoms with van der Waals surface area (Å²) in [5.74, 6) is 0.540. The van der Waals surface area contributed by atoms with Gasteiger partial charge in [0.15, 0.2) is 0 Å². The number of rotatable bonds is 19. The number of carbonyl (C=O) groups is 2. The van der Waals surface area contributed by atoms with Crippen LogP contribution in [0.3, 0.4) is 0 Å². The summed E-state index contributed by atoms with van der Waals surface area (Å²) in [5.41, 5.74) is 0. The van der Waals surface area contributed by atoms with Crippen LogP contribution in [0.5, 0.6) is 0 Å². The molecule has 0 amide bonds. The minimum Gasteiger partial charge on any atom is -0.550 e. The van der Waals surface area contributed by atoms with Gasteiger partial charge in [-0.1, -0.05) is 73.0 Å². The first-order chi connectivity index (χ1) is 11.6. The van der Waals surface area contributed by atoms with Crippen LogP contribution in [-0.4, -0.2) is 23.4 Å². The van der Waals surface area contributed by atoms with Crippen molar-refractivity contribution in [2.75, 3.05) is 11.5 Å². The van der Waals surface area contributed by atoms with Gasteiger partial charge in [-0.2, -0.15) is 0 Å². The van der Waals surface area contributed by atoms with Crippen molar-refractivity contribution in [2.24, 2.45) is 0 Å². The Morgan fingerprint density at radius 3 is 1.08 bits per heavy atom. The molecule has 0 atom stereocenters. The van der Waals surface area contributed by atoms with E-state index in [-0.39, 0.29) is 72.0 Å². The largest absolute Gasteiger partial charge is 1.00 e. The smallest absolute Gasteiger partial charge is 0.550 e. The molecule has 0 heterocycles. The molecular weight excluding hydrogens is 390 g/mol.